The van der Waals surface area contributed by atoms with Crippen LogP contribution >= 0.6 is 23.5 Å². The lowest BCUT2D eigenvalue weighted by atomic mass is 10.2. The lowest BCUT2D eigenvalue weighted by Gasteiger charge is -2.17. The van der Waals surface area contributed by atoms with E-state index in [1.165, 1.54) is 11.8 Å². The van der Waals surface area contributed by atoms with Crippen LogP contribution in [0.4, 0.5) is 17.1 Å². The minimum Gasteiger partial charge on any atom is -0.497 e. The van der Waals surface area contributed by atoms with Crippen molar-refractivity contribution in [1.29, 1.82) is 0 Å². The fourth-order valence-corrected chi connectivity index (χ4v) is 5.97. The number of anilines is 2. The maximum absolute atomic E-state index is 13.7. The second kappa shape index (κ2) is 8.41. The van der Waals surface area contributed by atoms with Gasteiger partial charge in [-0.3, -0.25) is 9.69 Å². The van der Waals surface area contributed by atoms with Gasteiger partial charge < -0.3 is 9.64 Å². The summed E-state index contributed by atoms with van der Waals surface area (Å²) in [6.45, 7) is 2.04. The van der Waals surface area contributed by atoms with Crippen LogP contribution in [0.25, 0.3) is 0 Å². The van der Waals surface area contributed by atoms with E-state index in [-0.39, 0.29) is 5.91 Å². The van der Waals surface area contributed by atoms with Crippen LogP contribution in [-0.2, 0) is 4.79 Å². The molecule has 0 aromatic heterocycles. The molecule has 0 radical (unpaired) electrons. The van der Waals surface area contributed by atoms with Gasteiger partial charge in [0.1, 0.15) is 10.7 Å². The molecule has 3 aromatic carbocycles. The first-order valence-electron chi connectivity index (χ1n) is 10.1. The summed E-state index contributed by atoms with van der Waals surface area (Å²) in [7, 11) is 3.64. The average molecular weight is 460 g/mol. The third kappa shape index (κ3) is 3.67. The molecule has 1 fully saturated rings. The van der Waals surface area contributed by atoms with Crippen LogP contribution in [-0.4, -0.2) is 25.2 Å². The molecule has 0 atom stereocenters. The molecular weight excluding hydrogens is 438 g/mol. The number of aliphatic imine (C=N–C) groups is 1. The first kappa shape index (κ1) is 20.7. The van der Waals surface area contributed by atoms with Gasteiger partial charge in [0.2, 0.25) is 0 Å². The molecule has 160 valence electrons. The van der Waals surface area contributed by atoms with Crippen molar-refractivity contribution in [2.45, 2.75) is 11.8 Å². The number of nitrogens with zero attached hydrogens (tertiary/aromatic N) is 3. The minimum atomic E-state index is -0.0678. The fraction of sp³-hybridized carbons (Fsp3) is 0.120. The summed E-state index contributed by atoms with van der Waals surface area (Å²) in [5.74, 6) is 0.724. The first-order chi connectivity index (χ1) is 15.5. The van der Waals surface area contributed by atoms with Crippen molar-refractivity contribution in [1.82, 2.24) is 0 Å². The van der Waals surface area contributed by atoms with E-state index in [2.05, 4.69) is 4.90 Å². The van der Waals surface area contributed by atoms with Gasteiger partial charge in [0, 0.05) is 18.0 Å². The highest BCUT2D eigenvalue weighted by molar-refractivity contribution is 8.20. The summed E-state index contributed by atoms with van der Waals surface area (Å²) in [6, 6.07) is 23.6. The molecule has 0 unspecified atom stereocenters. The van der Waals surface area contributed by atoms with E-state index in [0.717, 1.165) is 38.3 Å². The molecule has 0 aliphatic carbocycles. The van der Waals surface area contributed by atoms with Crippen LogP contribution < -0.4 is 14.5 Å². The standard InChI is InChI=1S/C25H21N3O2S2/c1-16-8-7-9-17(14-16)26-25-28(18-10-5-4-6-11-18)23(29)22(32-25)24-27(2)20-15-19(30-3)12-13-21(20)31-24/h4-15H,1-3H3/b24-22-,26-25?. The summed E-state index contributed by atoms with van der Waals surface area (Å²) in [6.07, 6.45) is 0. The van der Waals surface area contributed by atoms with E-state index < -0.39 is 0 Å². The molecule has 5 nitrogen and oxygen atoms in total. The van der Waals surface area contributed by atoms with Crippen LogP contribution in [0.3, 0.4) is 0 Å². The van der Waals surface area contributed by atoms with Gasteiger partial charge in [0.25, 0.3) is 5.91 Å². The molecule has 2 heterocycles. The number of ether oxygens (including phenoxy) is 1. The molecule has 7 heteroatoms. The zero-order chi connectivity index (χ0) is 22.2. The number of fused-ring (bicyclic) bond motifs is 1. The third-order valence-corrected chi connectivity index (χ3v) is 7.65. The van der Waals surface area contributed by atoms with Crippen molar-refractivity contribution in [3.05, 3.63) is 88.3 Å². The van der Waals surface area contributed by atoms with Gasteiger partial charge in [-0.1, -0.05) is 42.1 Å². The molecule has 2 aliphatic rings. The third-order valence-electron chi connectivity index (χ3n) is 5.26. The van der Waals surface area contributed by atoms with Gasteiger partial charge in [-0.2, -0.15) is 0 Å². The van der Waals surface area contributed by atoms with Gasteiger partial charge in [-0.05, 0) is 60.6 Å². The molecule has 1 saturated heterocycles. The number of carbonyl (C=O) groups is 1. The molecular formula is C25H21N3O2S2. The van der Waals surface area contributed by atoms with Crippen LogP contribution in [0.15, 0.2) is 92.6 Å². The molecule has 32 heavy (non-hydrogen) atoms. The van der Waals surface area contributed by atoms with Gasteiger partial charge >= 0.3 is 0 Å². The molecule has 0 N–H and O–H groups in total. The number of rotatable bonds is 3. The lowest BCUT2D eigenvalue weighted by Crippen LogP contribution is -2.29. The normalized spacial score (nSPS) is 19.1. The highest BCUT2D eigenvalue weighted by Crippen LogP contribution is 2.51. The molecule has 5 rings (SSSR count). The number of methoxy groups -OCH3 is 1. The Kier molecular flexibility index (Phi) is 5.45. The summed E-state index contributed by atoms with van der Waals surface area (Å²) < 4.78 is 5.39. The van der Waals surface area contributed by atoms with Crippen molar-refractivity contribution in [2.24, 2.45) is 4.99 Å². The largest absolute Gasteiger partial charge is 0.497 e. The predicted molar refractivity (Wildman–Crippen MR) is 134 cm³/mol. The predicted octanol–water partition coefficient (Wildman–Crippen LogP) is 6.18. The maximum Gasteiger partial charge on any atom is 0.274 e. The topological polar surface area (TPSA) is 45.1 Å². The molecule has 3 aromatic rings. The second-order valence-electron chi connectivity index (χ2n) is 7.44. The van der Waals surface area contributed by atoms with E-state index in [1.54, 1.807) is 23.8 Å². The zero-order valence-electron chi connectivity index (χ0n) is 17.9. The van der Waals surface area contributed by atoms with Crippen molar-refractivity contribution in [2.75, 3.05) is 24.0 Å². The number of amides is 1. The first-order valence-corrected chi connectivity index (χ1v) is 11.7. The Labute approximate surface area is 195 Å². The Balaban J connectivity index is 1.60. The van der Waals surface area contributed by atoms with E-state index >= 15 is 0 Å². The lowest BCUT2D eigenvalue weighted by molar-refractivity contribution is -0.113. The number of carbonyl (C=O) groups excluding carboxylic acids is 1. The minimum absolute atomic E-state index is 0.0678. The van der Waals surface area contributed by atoms with Gasteiger partial charge in [-0.25, -0.2) is 4.99 Å². The number of para-hydroxylation sites is 1. The van der Waals surface area contributed by atoms with E-state index in [9.17, 15) is 4.79 Å². The van der Waals surface area contributed by atoms with Crippen LogP contribution in [0.2, 0.25) is 0 Å². The summed E-state index contributed by atoms with van der Waals surface area (Å²) >= 11 is 3.02. The molecule has 0 bridgehead atoms. The SMILES string of the molecule is COc1ccc2c(c1)N(C)/C(=C1/SC(=Nc3cccc(C)c3)N(c3ccccc3)C1=O)S2. The Morgan fingerprint density at radius 2 is 1.75 bits per heavy atom. The number of hydrogen-bond acceptors (Lipinski definition) is 6. The van der Waals surface area contributed by atoms with Gasteiger partial charge in [0.05, 0.1) is 29.2 Å². The number of aryl methyl sites for hydroxylation is 1. The number of benzene rings is 3. The maximum atomic E-state index is 13.7. The summed E-state index contributed by atoms with van der Waals surface area (Å²) in [5.41, 5.74) is 3.78. The smallest absolute Gasteiger partial charge is 0.274 e. The van der Waals surface area contributed by atoms with Gasteiger partial charge in [0.15, 0.2) is 5.17 Å². The van der Waals surface area contributed by atoms with Crippen molar-refractivity contribution < 1.29 is 9.53 Å². The van der Waals surface area contributed by atoms with E-state index in [4.69, 9.17) is 9.73 Å². The fourth-order valence-electron chi connectivity index (χ4n) is 3.64. The van der Waals surface area contributed by atoms with Gasteiger partial charge in [-0.15, -0.1) is 0 Å². The Bertz CT molecular complexity index is 1270. The number of hydrogen-bond donors (Lipinski definition) is 0. The molecule has 0 spiro atoms. The highest BCUT2D eigenvalue weighted by Gasteiger charge is 2.40. The summed E-state index contributed by atoms with van der Waals surface area (Å²) in [5, 5.41) is 1.55. The van der Waals surface area contributed by atoms with Crippen molar-refractivity contribution >= 4 is 51.7 Å². The monoisotopic (exact) mass is 459 g/mol. The van der Waals surface area contributed by atoms with Crippen LogP contribution in [0, 0.1) is 6.92 Å². The molecule has 2 aliphatic heterocycles. The zero-order valence-corrected chi connectivity index (χ0v) is 19.5. The average Bonchev–Trinajstić information content (AvgIpc) is 3.30. The van der Waals surface area contributed by atoms with Crippen molar-refractivity contribution in [3.8, 4) is 5.75 Å². The summed E-state index contributed by atoms with van der Waals surface area (Å²) in [4.78, 5) is 24.1. The molecule has 1 amide bonds. The van der Waals surface area contributed by atoms with Crippen molar-refractivity contribution in [3.63, 3.8) is 0 Å². The van der Waals surface area contributed by atoms with E-state index in [1.807, 2.05) is 86.8 Å². The van der Waals surface area contributed by atoms with Crippen LogP contribution in [0.5, 0.6) is 5.75 Å². The van der Waals surface area contributed by atoms with Crippen LogP contribution in [0.1, 0.15) is 5.56 Å². The number of amidine groups is 1. The Morgan fingerprint density at radius 1 is 0.938 bits per heavy atom. The Morgan fingerprint density at radius 3 is 2.50 bits per heavy atom. The highest BCUT2D eigenvalue weighted by atomic mass is 32.2. The Hall–Kier alpha value is -3.16. The second-order valence-corrected chi connectivity index (χ2v) is 9.45. The van der Waals surface area contributed by atoms with E-state index in [0.29, 0.717) is 10.1 Å². The quantitative estimate of drug-likeness (QED) is 0.438. The number of thioether (sulfide) groups is 2. The molecule has 0 saturated carbocycles.